The van der Waals surface area contributed by atoms with Gasteiger partial charge in [0.1, 0.15) is 5.69 Å². The van der Waals surface area contributed by atoms with Crippen LogP contribution < -0.4 is 5.76 Å². The maximum absolute atomic E-state index is 11.8. The minimum absolute atomic E-state index is 0.403. The summed E-state index contributed by atoms with van der Waals surface area (Å²) >= 11 is 0. The van der Waals surface area contributed by atoms with Crippen LogP contribution in [0.1, 0.15) is 11.1 Å². The number of hydrogen-bond acceptors (Lipinski definition) is 5. The van der Waals surface area contributed by atoms with E-state index in [0.29, 0.717) is 24.5 Å². The minimum Gasteiger partial charge on any atom is -0.295 e. The third-order valence-corrected chi connectivity index (χ3v) is 3.22. The summed E-state index contributed by atoms with van der Waals surface area (Å²) in [6.07, 6.45) is 5.39. The van der Waals surface area contributed by atoms with Gasteiger partial charge in [0.25, 0.3) is 0 Å². The Labute approximate surface area is 121 Å². The van der Waals surface area contributed by atoms with Gasteiger partial charge in [-0.2, -0.15) is 0 Å². The number of aromatic nitrogens is 4. The van der Waals surface area contributed by atoms with Crippen LogP contribution in [0.2, 0.25) is 0 Å². The molecule has 2 heterocycles. The maximum atomic E-state index is 11.8. The molecule has 6 heteroatoms. The fourth-order valence-electron chi connectivity index (χ4n) is 2.06. The third-order valence-electron chi connectivity index (χ3n) is 3.22. The van der Waals surface area contributed by atoms with E-state index in [-0.39, 0.29) is 0 Å². The first-order valence-electron chi connectivity index (χ1n) is 6.62. The first-order valence-corrected chi connectivity index (χ1v) is 6.62. The zero-order chi connectivity index (χ0) is 14.7. The Bertz CT molecular complexity index is 775. The third kappa shape index (κ3) is 2.89. The van der Waals surface area contributed by atoms with Crippen LogP contribution in [0, 0.1) is 6.92 Å². The Morgan fingerprint density at radius 3 is 2.71 bits per heavy atom. The first kappa shape index (κ1) is 13.2. The van der Waals surface area contributed by atoms with Gasteiger partial charge in [-0.05, 0) is 18.9 Å². The van der Waals surface area contributed by atoms with E-state index in [1.54, 1.807) is 18.6 Å². The summed E-state index contributed by atoms with van der Waals surface area (Å²) in [5.41, 5.74) is 2.88. The first-order chi connectivity index (χ1) is 10.2. The molecule has 106 valence electrons. The molecule has 1 aromatic carbocycles. The van der Waals surface area contributed by atoms with Crippen molar-refractivity contribution in [3.05, 3.63) is 64.5 Å². The highest BCUT2D eigenvalue weighted by Crippen LogP contribution is 2.12. The second-order valence-corrected chi connectivity index (χ2v) is 4.75. The van der Waals surface area contributed by atoms with Crippen LogP contribution in [0.25, 0.3) is 11.5 Å². The molecule has 0 bridgehead atoms. The van der Waals surface area contributed by atoms with Gasteiger partial charge in [0.2, 0.25) is 5.82 Å². The highest BCUT2D eigenvalue weighted by atomic mass is 16.5. The molecule has 2 aromatic heterocycles. The van der Waals surface area contributed by atoms with Crippen LogP contribution in [-0.2, 0) is 13.0 Å². The lowest BCUT2D eigenvalue weighted by Crippen LogP contribution is -2.17. The predicted octanol–water partition coefficient (Wildman–Crippen LogP) is 1.84. The highest BCUT2D eigenvalue weighted by molar-refractivity contribution is 5.46. The van der Waals surface area contributed by atoms with Crippen molar-refractivity contribution >= 4 is 0 Å². The smallest absolute Gasteiger partial charge is 0.295 e. The lowest BCUT2D eigenvalue weighted by atomic mass is 10.1. The Hall–Kier alpha value is -2.76. The molecule has 0 fully saturated rings. The standard InChI is InChI=1S/C15H14N4O2/c1-11-2-4-12(5-3-11)6-9-19-14(18-21-15(19)20)13-10-16-7-8-17-13/h2-5,7-8,10H,6,9H2,1H3. The van der Waals surface area contributed by atoms with Gasteiger partial charge in [0.15, 0.2) is 0 Å². The Morgan fingerprint density at radius 2 is 2.00 bits per heavy atom. The summed E-state index contributed by atoms with van der Waals surface area (Å²) in [6, 6.07) is 8.20. The van der Waals surface area contributed by atoms with E-state index < -0.39 is 5.76 Å². The van der Waals surface area contributed by atoms with E-state index in [1.165, 1.54) is 10.1 Å². The van der Waals surface area contributed by atoms with Crippen molar-refractivity contribution in [3.8, 4) is 11.5 Å². The van der Waals surface area contributed by atoms with Gasteiger partial charge in [-0.1, -0.05) is 35.0 Å². The summed E-state index contributed by atoms with van der Waals surface area (Å²) in [4.78, 5) is 19.9. The lowest BCUT2D eigenvalue weighted by molar-refractivity contribution is 0.376. The summed E-state index contributed by atoms with van der Waals surface area (Å²) in [7, 11) is 0. The number of hydrogen-bond donors (Lipinski definition) is 0. The summed E-state index contributed by atoms with van der Waals surface area (Å²) < 4.78 is 6.22. The van der Waals surface area contributed by atoms with E-state index in [1.807, 2.05) is 6.92 Å². The topological polar surface area (TPSA) is 73.8 Å². The molecular weight excluding hydrogens is 268 g/mol. The zero-order valence-electron chi connectivity index (χ0n) is 11.6. The number of rotatable bonds is 4. The van der Waals surface area contributed by atoms with E-state index in [0.717, 1.165) is 5.56 Å². The number of aryl methyl sites for hydroxylation is 2. The minimum atomic E-state index is -0.484. The van der Waals surface area contributed by atoms with Crippen molar-refractivity contribution in [1.29, 1.82) is 0 Å². The molecule has 3 rings (SSSR count). The normalized spacial score (nSPS) is 10.7. The molecule has 3 aromatic rings. The molecule has 0 aliphatic carbocycles. The van der Waals surface area contributed by atoms with Gasteiger partial charge in [0, 0.05) is 18.9 Å². The molecule has 0 saturated carbocycles. The highest BCUT2D eigenvalue weighted by Gasteiger charge is 2.13. The average Bonchev–Trinajstić information content (AvgIpc) is 2.89. The predicted molar refractivity (Wildman–Crippen MR) is 76.7 cm³/mol. The second-order valence-electron chi connectivity index (χ2n) is 4.75. The Morgan fingerprint density at radius 1 is 1.19 bits per heavy atom. The summed E-state index contributed by atoms with van der Waals surface area (Å²) in [6.45, 7) is 2.53. The van der Waals surface area contributed by atoms with Crippen LogP contribution in [0.3, 0.4) is 0 Å². The van der Waals surface area contributed by atoms with Gasteiger partial charge >= 0.3 is 5.76 Å². The van der Waals surface area contributed by atoms with Gasteiger partial charge in [-0.3, -0.25) is 14.1 Å². The van der Waals surface area contributed by atoms with E-state index >= 15 is 0 Å². The fraction of sp³-hybridized carbons (Fsp3) is 0.200. The molecule has 6 nitrogen and oxygen atoms in total. The SMILES string of the molecule is Cc1ccc(CCn2c(-c3cnccn3)noc2=O)cc1. The number of nitrogens with zero attached hydrogens (tertiary/aromatic N) is 4. The van der Waals surface area contributed by atoms with Crippen molar-refractivity contribution in [2.75, 3.05) is 0 Å². The zero-order valence-corrected chi connectivity index (χ0v) is 11.6. The van der Waals surface area contributed by atoms with Gasteiger partial charge < -0.3 is 0 Å². The molecule has 0 saturated heterocycles. The van der Waals surface area contributed by atoms with Gasteiger partial charge in [0.05, 0.1) is 6.20 Å². The molecule has 0 amide bonds. The monoisotopic (exact) mass is 282 g/mol. The molecule has 0 aliphatic rings. The molecule has 0 spiro atoms. The van der Waals surface area contributed by atoms with Crippen molar-refractivity contribution in [3.63, 3.8) is 0 Å². The Kier molecular flexibility index (Phi) is 3.59. The molecule has 0 aliphatic heterocycles. The average molecular weight is 282 g/mol. The molecule has 0 unspecified atom stereocenters. The van der Waals surface area contributed by atoms with Crippen LogP contribution in [0.5, 0.6) is 0 Å². The number of benzene rings is 1. The van der Waals surface area contributed by atoms with Crippen molar-refractivity contribution in [1.82, 2.24) is 19.7 Å². The summed E-state index contributed by atoms with van der Waals surface area (Å²) in [5.74, 6) is -0.0806. The van der Waals surface area contributed by atoms with Crippen LogP contribution in [0.4, 0.5) is 0 Å². The molecule has 0 N–H and O–H groups in total. The van der Waals surface area contributed by atoms with Gasteiger partial charge in [-0.25, -0.2) is 9.78 Å². The van der Waals surface area contributed by atoms with Crippen molar-refractivity contribution in [2.45, 2.75) is 19.9 Å². The van der Waals surface area contributed by atoms with Crippen molar-refractivity contribution < 1.29 is 4.52 Å². The maximum Gasteiger partial charge on any atom is 0.441 e. The van der Waals surface area contributed by atoms with E-state index in [2.05, 4.69) is 39.4 Å². The fourth-order valence-corrected chi connectivity index (χ4v) is 2.06. The van der Waals surface area contributed by atoms with Crippen LogP contribution in [0.15, 0.2) is 52.2 Å². The van der Waals surface area contributed by atoms with Gasteiger partial charge in [-0.15, -0.1) is 0 Å². The lowest BCUT2D eigenvalue weighted by Gasteiger charge is -2.04. The molecule has 0 atom stereocenters. The van der Waals surface area contributed by atoms with Crippen molar-refractivity contribution in [2.24, 2.45) is 0 Å². The quantitative estimate of drug-likeness (QED) is 0.730. The Balaban J connectivity index is 1.84. The summed E-state index contributed by atoms with van der Waals surface area (Å²) in [5, 5.41) is 3.79. The second kappa shape index (κ2) is 5.70. The molecule has 0 radical (unpaired) electrons. The molecular formula is C15H14N4O2. The van der Waals surface area contributed by atoms with Crippen LogP contribution in [-0.4, -0.2) is 19.7 Å². The van der Waals surface area contributed by atoms with E-state index in [9.17, 15) is 4.79 Å². The van der Waals surface area contributed by atoms with Crippen LogP contribution >= 0.6 is 0 Å². The molecule has 21 heavy (non-hydrogen) atoms. The van der Waals surface area contributed by atoms with E-state index in [4.69, 9.17) is 4.52 Å². The largest absolute Gasteiger partial charge is 0.441 e.